The van der Waals surface area contributed by atoms with Gasteiger partial charge < -0.3 is 9.47 Å². The van der Waals surface area contributed by atoms with Crippen molar-refractivity contribution in [1.29, 1.82) is 0 Å². The highest BCUT2D eigenvalue weighted by Gasteiger charge is 2.15. The summed E-state index contributed by atoms with van der Waals surface area (Å²) in [5.74, 6) is 1.62. The van der Waals surface area contributed by atoms with E-state index in [1.54, 1.807) is 0 Å². The summed E-state index contributed by atoms with van der Waals surface area (Å²) in [5, 5.41) is 1.91. The molecule has 0 radical (unpaired) electrons. The van der Waals surface area contributed by atoms with Gasteiger partial charge in [0, 0.05) is 25.1 Å². The molecule has 0 aromatic heterocycles. The topological polar surface area (TPSA) is 33.7 Å². The standard InChI is InChI=1S/C10H13BrN2O2/c1-13(2)12-5-7-3-9-10(4-8(7)11)15-6-14-9/h3-4,12H,5-6H2,1-2H3. The summed E-state index contributed by atoms with van der Waals surface area (Å²) in [4.78, 5) is 0. The van der Waals surface area contributed by atoms with E-state index in [1.807, 2.05) is 31.2 Å². The predicted molar refractivity (Wildman–Crippen MR) is 60.8 cm³/mol. The number of halogens is 1. The molecule has 1 aromatic rings. The van der Waals surface area contributed by atoms with Crippen molar-refractivity contribution in [2.45, 2.75) is 6.54 Å². The number of rotatable bonds is 3. The summed E-state index contributed by atoms with van der Waals surface area (Å²) in [6.45, 7) is 1.07. The first-order valence-electron chi connectivity index (χ1n) is 4.65. The number of benzene rings is 1. The van der Waals surface area contributed by atoms with E-state index in [1.165, 1.54) is 0 Å². The minimum absolute atomic E-state index is 0.312. The van der Waals surface area contributed by atoms with Crippen molar-refractivity contribution in [3.63, 3.8) is 0 Å². The van der Waals surface area contributed by atoms with E-state index in [2.05, 4.69) is 21.4 Å². The number of ether oxygens (including phenoxy) is 2. The maximum absolute atomic E-state index is 5.32. The van der Waals surface area contributed by atoms with E-state index in [9.17, 15) is 0 Å². The van der Waals surface area contributed by atoms with Gasteiger partial charge in [-0.3, -0.25) is 10.4 Å². The van der Waals surface area contributed by atoms with Crippen LogP contribution in [0, 0.1) is 0 Å². The smallest absolute Gasteiger partial charge is 0.231 e. The Morgan fingerprint density at radius 1 is 1.33 bits per heavy atom. The van der Waals surface area contributed by atoms with Crippen LogP contribution in [0.4, 0.5) is 0 Å². The molecule has 0 aliphatic carbocycles. The van der Waals surface area contributed by atoms with Crippen LogP contribution in [0.5, 0.6) is 11.5 Å². The first kappa shape index (κ1) is 10.7. The van der Waals surface area contributed by atoms with Crippen LogP contribution >= 0.6 is 15.9 Å². The fourth-order valence-corrected chi connectivity index (χ4v) is 1.80. The third-order valence-corrected chi connectivity index (χ3v) is 2.87. The van der Waals surface area contributed by atoms with Gasteiger partial charge in [-0.2, -0.15) is 0 Å². The lowest BCUT2D eigenvalue weighted by Crippen LogP contribution is -2.29. The van der Waals surface area contributed by atoms with Crippen LogP contribution in [0.3, 0.4) is 0 Å². The van der Waals surface area contributed by atoms with Crippen LogP contribution in [0.15, 0.2) is 16.6 Å². The lowest BCUT2D eigenvalue weighted by atomic mass is 10.2. The summed E-state index contributed by atoms with van der Waals surface area (Å²) in [6, 6.07) is 3.93. The lowest BCUT2D eigenvalue weighted by Gasteiger charge is -2.13. The molecule has 0 atom stereocenters. The Balaban J connectivity index is 2.17. The van der Waals surface area contributed by atoms with E-state index in [0.29, 0.717) is 6.79 Å². The van der Waals surface area contributed by atoms with Gasteiger partial charge in [-0.05, 0) is 17.7 Å². The summed E-state index contributed by atoms with van der Waals surface area (Å²) in [5.41, 5.74) is 4.35. The fraction of sp³-hybridized carbons (Fsp3) is 0.400. The van der Waals surface area contributed by atoms with Gasteiger partial charge in [0.2, 0.25) is 6.79 Å². The third-order valence-electron chi connectivity index (χ3n) is 2.13. The monoisotopic (exact) mass is 272 g/mol. The predicted octanol–water partition coefficient (Wildman–Crippen LogP) is 1.74. The average molecular weight is 273 g/mol. The largest absolute Gasteiger partial charge is 0.454 e. The Morgan fingerprint density at radius 2 is 2.00 bits per heavy atom. The molecule has 2 rings (SSSR count). The van der Waals surface area contributed by atoms with Gasteiger partial charge in [0.05, 0.1) is 0 Å². The maximum atomic E-state index is 5.32. The SMILES string of the molecule is CN(C)NCc1cc2c(cc1Br)OCO2. The van der Waals surface area contributed by atoms with Crippen molar-refractivity contribution < 1.29 is 9.47 Å². The molecule has 1 aliphatic heterocycles. The summed E-state index contributed by atoms with van der Waals surface area (Å²) in [7, 11) is 3.92. The highest BCUT2D eigenvalue weighted by atomic mass is 79.9. The van der Waals surface area contributed by atoms with E-state index >= 15 is 0 Å². The van der Waals surface area contributed by atoms with Crippen LogP contribution in [0.25, 0.3) is 0 Å². The van der Waals surface area contributed by atoms with Crippen LogP contribution in [-0.4, -0.2) is 25.9 Å². The molecule has 0 spiro atoms. The summed E-state index contributed by atoms with van der Waals surface area (Å²) in [6.07, 6.45) is 0. The molecule has 15 heavy (non-hydrogen) atoms. The van der Waals surface area contributed by atoms with Gasteiger partial charge in [0.25, 0.3) is 0 Å². The van der Waals surface area contributed by atoms with Crippen molar-refractivity contribution >= 4 is 15.9 Å². The Bertz CT molecular complexity index is 369. The third kappa shape index (κ3) is 2.42. The zero-order valence-corrected chi connectivity index (χ0v) is 10.3. The van der Waals surface area contributed by atoms with E-state index in [0.717, 1.165) is 28.1 Å². The second kappa shape index (κ2) is 4.38. The molecule has 4 nitrogen and oxygen atoms in total. The van der Waals surface area contributed by atoms with Gasteiger partial charge in [0.15, 0.2) is 11.5 Å². The molecule has 1 N–H and O–H groups in total. The number of hydrazine groups is 1. The molecule has 1 aliphatic rings. The maximum Gasteiger partial charge on any atom is 0.231 e. The number of hydrogen-bond donors (Lipinski definition) is 1. The van der Waals surface area contributed by atoms with Gasteiger partial charge in [0.1, 0.15) is 0 Å². The molecule has 82 valence electrons. The Hall–Kier alpha value is -0.780. The molecule has 0 amide bonds. The molecular weight excluding hydrogens is 260 g/mol. The van der Waals surface area contributed by atoms with Crippen LogP contribution in [0.2, 0.25) is 0 Å². The zero-order valence-electron chi connectivity index (χ0n) is 8.71. The molecule has 1 heterocycles. The molecule has 0 bridgehead atoms. The van der Waals surface area contributed by atoms with Crippen LogP contribution < -0.4 is 14.9 Å². The molecule has 0 unspecified atom stereocenters. The van der Waals surface area contributed by atoms with Crippen molar-refractivity contribution in [3.8, 4) is 11.5 Å². The first-order chi connectivity index (χ1) is 7.16. The molecule has 1 aromatic carbocycles. The van der Waals surface area contributed by atoms with Crippen molar-refractivity contribution in [2.75, 3.05) is 20.9 Å². The lowest BCUT2D eigenvalue weighted by molar-refractivity contribution is 0.174. The van der Waals surface area contributed by atoms with E-state index in [-0.39, 0.29) is 0 Å². The average Bonchev–Trinajstić information content (AvgIpc) is 2.60. The van der Waals surface area contributed by atoms with Gasteiger partial charge in [-0.1, -0.05) is 15.9 Å². The Morgan fingerprint density at radius 3 is 2.67 bits per heavy atom. The highest BCUT2D eigenvalue weighted by molar-refractivity contribution is 9.10. The van der Waals surface area contributed by atoms with Crippen LogP contribution in [-0.2, 0) is 6.54 Å². The Labute approximate surface area is 97.3 Å². The van der Waals surface area contributed by atoms with E-state index in [4.69, 9.17) is 9.47 Å². The van der Waals surface area contributed by atoms with Crippen molar-refractivity contribution in [3.05, 3.63) is 22.2 Å². The summed E-state index contributed by atoms with van der Waals surface area (Å²) < 4.78 is 11.6. The molecular formula is C10H13BrN2O2. The van der Waals surface area contributed by atoms with Crippen molar-refractivity contribution in [2.24, 2.45) is 0 Å². The van der Waals surface area contributed by atoms with Gasteiger partial charge >= 0.3 is 0 Å². The highest BCUT2D eigenvalue weighted by Crippen LogP contribution is 2.36. The Kier molecular flexibility index (Phi) is 3.14. The number of nitrogens with zero attached hydrogens (tertiary/aromatic N) is 1. The quantitative estimate of drug-likeness (QED) is 0.851. The molecule has 0 saturated heterocycles. The second-order valence-corrected chi connectivity index (χ2v) is 4.38. The van der Waals surface area contributed by atoms with Gasteiger partial charge in [-0.25, -0.2) is 0 Å². The minimum Gasteiger partial charge on any atom is -0.454 e. The second-order valence-electron chi connectivity index (χ2n) is 3.53. The number of hydrogen-bond acceptors (Lipinski definition) is 4. The zero-order chi connectivity index (χ0) is 10.8. The molecule has 0 fully saturated rings. The van der Waals surface area contributed by atoms with Crippen LogP contribution in [0.1, 0.15) is 5.56 Å². The molecule has 5 heteroatoms. The normalized spacial score (nSPS) is 13.6. The fourth-order valence-electron chi connectivity index (χ4n) is 1.34. The molecule has 0 saturated carbocycles. The number of fused-ring (bicyclic) bond motifs is 1. The number of nitrogens with one attached hydrogen (secondary N) is 1. The van der Waals surface area contributed by atoms with Gasteiger partial charge in [-0.15, -0.1) is 0 Å². The minimum atomic E-state index is 0.312. The van der Waals surface area contributed by atoms with E-state index < -0.39 is 0 Å². The van der Waals surface area contributed by atoms with Crippen molar-refractivity contribution in [1.82, 2.24) is 10.4 Å². The summed E-state index contributed by atoms with van der Waals surface area (Å²) >= 11 is 3.51. The first-order valence-corrected chi connectivity index (χ1v) is 5.45.